The summed E-state index contributed by atoms with van der Waals surface area (Å²) < 4.78 is 5.27. The quantitative estimate of drug-likeness (QED) is 0.726. The van der Waals surface area contributed by atoms with Crippen LogP contribution < -0.4 is 4.74 Å². The van der Waals surface area contributed by atoms with Crippen LogP contribution in [0.4, 0.5) is 0 Å². The molecule has 1 heterocycles. The minimum Gasteiger partial charge on any atom is -0.496 e. The van der Waals surface area contributed by atoms with Gasteiger partial charge in [-0.1, -0.05) is 12.1 Å². The molecule has 0 aromatic heterocycles. The lowest BCUT2D eigenvalue weighted by Crippen LogP contribution is -2.30. The zero-order valence-corrected chi connectivity index (χ0v) is 8.53. The maximum atomic E-state index is 9.85. The van der Waals surface area contributed by atoms with Crippen LogP contribution in [0.1, 0.15) is 17.2 Å². The number of hydrogen-bond acceptors (Lipinski definition) is 3. The largest absolute Gasteiger partial charge is 0.496 e. The fraction of sp³-hybridized carbons (Fsp3) is 0.455. The van der Waals surface area contributed by atoms with Crippen molar-refractivity contribution in [3.8, 4) is 5.75 Å². The minimum atomic E-state index is -0.390. The lowest BCUT2D eigenvalue weighted by molar-refractivity contribution is 0.106. The molecule has 1 aliphatic rings. The average Bonchev–Trinajstić information content (AvgIpc) is 2.17. The van der Waals surface area contributed by atoms with Crippen LogP contribution in [-0.2, 0) is 6.54 Å². The van der Waals surface area contributed by atoms with Gasteiger partial charge in [-0.15, -0.1) is 0 Å². The highest BCUT2D eigenvalue weighted by atomic mass is 16.5. The summed E-state index contributed by atoms with van der Waals surface area (Å²) in [5, 5.41) is 9.85. The Labute approximate surface area is 83.9 Å². The summed E-state index contributed by atoms with van der Waals surface area (Å²) in [4.78, 5) is 2.09. The lowest BCUT2D eigenvalue weighted by Gasteiger charge is -2.30. The first-order chi connectivity index (χ1) is 6.72. The number of ether oxygens (including phenoxy) is 1. The Morgan fingerprint density at radius 2 is 2.29 bits per heavy atom. The molecule has 1 aromatic carbocycles. The zero-order valence-electron chi connectivity index (χ0n) is 8.53. The molecular weight excluding hydrogens is 178 g/mol. The van der Waals surface area contributed by atoms with Crippen molar-refractivity contribution < 1.29 is 9.84 Å². The fourth-order valence-corrected chi connectivity index (χ4v) is 1.98. The molecule has 1 aliphatic heterocycles. The lowest BCUT2D eigenvalue weighted by atomic mass is 9.97. The molecule has 1 unspecified atom stereocenters. The first kappa shape index (κ1) is 9.49. The van der Waals surface area contributed by atoms with Gasteiger partial charge in [-0.05, 0) is 18.7 Å². The number of aliphatic hydroxyl groups excluding tert-OH is 1. The summed E-state index contributed by atoms with van der Waals surface area (Å²) in [5.74, 6) is 0.869. The van der Waals surface area contributed by atoms with Gasteiger partial charge in [-0.3, -0.25) is 4.90 Å². The first-order valence-electron chi connectivity index (χ1n) is 4.74. The Bertz CT molecular complexity index is 338. The van der Waals surface area contributed by atoms with Crippen LogP contribution >= 0.6 is 0 Å². The van der Waals surface area contributed by atoms with E-state index in [0.29, 0.717) is 6.54 Å². The summed E-state index contributed by atoms with van der Waals surface area (Å²) in [5.41, 5.74) is 2.11. The first-order valence-corrected chi connectivity index (χ1v) is 4.74. The number of nitrogens with zero attached hydrogens (tertiary/aromatic N) is 1. The Morgan fingerprint density at radius 1 is 1.50 bits per heavy atom. The molecule has 1 atom stereocenters. The molecule has 0 radical (unpaired) electrons. The van der Waals surface area contributed by atoms with Gasteiger partial charge < -0.3 is 9.84 Å². The third-order valence-corrected chi connectivity index (χ3v) is 2.66. The zero-order chi connectivity index (χ0) is 10.1. The molecule has 0 aliphatic carbocycles. The Hall–Kier alpha value is -1.06. The van der Waals surface area contributed by atoms with Crippen molar-refractivity contribution in [2.24, 2.45) is 0 Å². The van der Waals surface area contributed by atoms with E-state index in [1.807, 2.05) is 25.2 Å². The molecule has 1 N–H and O–H groups in total. The van der Waals surface area contributed by atoms with E-state index >= 15 is 0 Å². The van der Waals surface area contributed by atoms with Crippen LogP contribution in [0.2, 0.25) is 0 Å². The molecule has 0 bridgehead atoms. The normalized spacial score (nSPS) is 21.8. The maximum absolute atomic E-state index is 9.85. The van der Waals surface area contributed by atoms with E-state index in [1.165, 1.54) is 0 Å². The van der Waals surface area contributed by atoms with Crippen LogP contribution in [0.15, 0.2) is 18.2 Å². The smallest absolute Gasteiger partial charge is 0.123 e. The number of β-amino-alcohol motifs (C(OH)–C–C–N with tert-alkyl or cyclic N) is 1. The van der Waals surface area contributed by atoms with E-state index in [-0.39, 0.29) is 6.10 Å². The molecule has 76 valence electrons. The monoisotopic (exact) mass is 193 g/mol. The van der Waals surface area contributed by atoms with Crippen molar-refractivity contribution in [3.63, 3.8) is 0 Å². The molecule has 2 rings (SSSR count). The molecule has 3 heteroatoms. The average molecular weight is 193 g/mol. The number of hydrogen-bond donors (Lipinski definition) is 1. The minimum absolute atomic E-state index is 0.390. The molecule has 0 amide bonds. The molecule has 1 aromatic rings. The summed E-state index contributed by atoms with van der Waals surface area (Å²) in [6.45, 7) is 1.54. The number of fused-ring (bicyclic) bond motifs is 1. The van der Waals surface area contributed by atoms with E-state index < -0.39 is 0 Å². The molecule has 14 heavy (non-hydrogen) atoms. The van der Waals surface area contributed by atoms with Gasteiger partial charge in [0.15, 0.2) is 0 Å². The van der Waals surface area contributed by atoms with E-state index in [0.717, 1.165) is 23.4 Å². The molecule has 0 saturated carbocycles. The highest BCUT2D eigenvalue weighted by Crippen LogP contribution is 2.31. The maximum Gasteiger partial charge on any atom is 0.123 e. The molecular formula is C11H15NO2. The predicted octanol–water partition coefficient (Wildman–Crippen LogP) is 1.17. The number of rotatable bonds is 1. The molecule has 3 nitrogen and oxygen atoms in total. The van der Waals surface area contributed by atoms with Gasteiger partial charge in [0.05, 0.1) is 13.2 Å². The third kappa shape index (κ3) is 1.49. The van der Waals surface area contributed by atoms with E-state index in [1.54, 1.807) is 7.11 Å². The fourth-order valence-electron chi connectivity index (χ4n) is 1.98. The Kier molecular flexibility index (Phi) is 2.44. The Morgan fingerprint density at radius 3 is 3.00 bits per heavy atom. The van der Waals surface area contributed by atoms with Crippen molar-refractivity contribution in [3.05, 3.63) is 29.3 Å². The van der Waals surface area contributed by atoms with Crippen LogP contribution in [0, 0.1) is 0 Å². The second kappa shape index (κ2) is 3.59. The van der Waals surface area contributed by atoms with Crippen molar-refractivity contribution in [2.75, 3.05) is 20.7 Å². The SMILES string of the molecule is COc1cccc2c1CN(C)CC2O. The second-order valence-corrected chi connectivity index (χ2v) is 3.74. The summed E-state index contributed by atoms with van der Waals surface area (Å²) in [6, 6.07) is 5.83. The standard InChI is InChI=1S/C11H15NO2/c1-12-6-9-8(10(13)7-12)4-3-5-11(9)14-2/h3-5,10,13H,6-7H2,1-2H3. The van der Waals surface area contributed by atoms with Gasteiger partial charge in [0.1, 0.15) is 5.75 Å². The number of aliphatic hydroxyl groups is 1. The van der Waals surface area contributed by atoms with Crippen LogP contribution in [0.25, 0.3) is 0 Å². The van der Waals surface area contributed by atoms with Crippen LogP contribution in [0.3, 0.4) is 0 Å². The molecule has 0 spiro atoms. The highest BCUT2D eigenvalue weighted by molar-refractivity contribution is 5.42. The number of methoxy groups -OCH3 is 1. The number of benzene rings is 1. The summed E-state index contributed by atoms with van der Waals surface area (Å²) >= 11 is 0. The van der Waals surface area contributed by atoms with Gasteiger partial charge in [0, 0.05) is 18.7 Å². The van der Waals surface area contributed by atoms with Gasteiger partial charge in [0.2, 0.25) is 0 Å². The van der Waals surface area contributed by atoms with Crippen LogP contribution in [-0.4, -0.2) is 30.7 Å². The molecule has 0 saturated heterocycles. The van der Waals surface area contributed by atoms with Gasteiger partial charge in [-0.25, -0.2) is 0 Å². The van der Waals surface area contributed by atoms with Crippen molar-refractivity contribution >= 4 is 0 Å². The topological polar surface area (TPSA) is 32.7 Å². The number of likely N-dealkylation sites (N-methyl/N-ethyl adjacent to an activating group) is 1. The summed E-state index contributed by atoms with van der Waals surface area (Å²) in [6.07, 6.45) is -0.390. The third-order valence-electron chi connectivity index (χ3n) is 2.66. The van der Waals surface area contributed by atoms with Crippen molar-refractivity contribution in [1.82, 2.24) is 4.90 Å². The predicted molar refractivity (Wildman–Crippen MR) is 54.3 cm³/mol. The van der Waals surface area contributed by atoms with Gasteiger partial charge in [-0.2, -0.15) is 0 Å². The van der Waals surface area contributed by atoms with Crippen LogP contribution in [0.5, 0.6) is 5.75 Å². The van der Waals surface area contributed by atoms with Crippen molar-refractivity contribution in [2.45, 2.75) is 12.6 Å². The van der Waals surface area contributed by atoms with Gasteiger partial charge in [0.25, 0.3) is 0 Å². The van der Waals surface area contributed by atoms with E-state index in [2.05, 4.69) is 4.90 Å². The second-order valence-electron chi connectivity index (χ2n) is 3.74. The Balaban J connectivity index is 2.47. The summed E-state index contributed by atoms with van der Waals surface area (Å²) in [7, 11) is 3.66. The highest BCUT2D eigenvalue weighted by Gasteiger charge is 2.23. The van der Waals surface area contributed by atoms with Crippen molar-refractivity contribution in [1.29, 1.82) is 0 Å². The van der Waals surface area contributed by atoms with E-state index in [4.69, 9.17) is 4.74 Å². The molecule has 0 fully saturated rings. The van der Waals surface area contributed by atoms with Gasteiger partial charge >= 0.3 is 0 Å². The van der Waals surface area contributed by atoms with E-state index in [9.17, 15) is 5.11 Å².